The second-order valence-electron chi connectivity index (χ2n) is 11.8. The Morgan fingerprint density at radius 2 is 2.09 bits per heavy atom. The molecule has 1 saturated heterocycles. The molecule has 2 saturated carbocycles. The minimum Gasteiger partial charge on any atom is -0.504 e. The van der Waals surface area contributed by atoms with Gasteiger partial charge in [-0.3, -0.25) is 14.5 Å². The zero-order valence-electron chi connectivity index (χ0n) is 20.6. The number of carbonyl (C=O) groups is 2. The van der Waals surface area contributed by atoms with Gasteiger partial charge in [0, 0.05) is 49.1 Å². The fraction of sp³-hybridized carbons (Fsp3) is 0.704. The van der Waals surface area contributed by atoms with Crippen LogP contribution in [0.2, 0.25) is 0 Å². The van der Waals surface area contributed by atoms with Crippen molar-refractivity contribution in [1.82, 2.24) is 10.2 Å². The number of benzene rings is 1. The Balaban J connectivity index is 1.36. The second kappa shape index (κ2) is 8.10. The SMILES string of the molecule is COC1C2Oc3c(O)ccc4c3C23CCN(CC2CC2)C(C4)C3CC1(C)CNC(=O)CCC(=O)O. The molecule has 8 nitrogen and oxygen atoms in total. The van der Waals surface area contributed by atoms with Gasteiger partial charge in [0.05, 0.1) is 6.42 Å². The molecule has 8 heteroatoms. The quantitative estimate of drug-likeness (QED) is 0.520. The molecule has 2 bridgehead atoms. The van der Waals surface area contributed by atoms with Crippen LogP contribution in [0.3, 0.4) is 0 Å². The smallest absolute Gasteiger partial charge is 0.303 e. The maximum absolute atomic E-state index is 12.4. The van der Waals surface area contributed by atoms with Crippen LogP contribution >= 0.6 is 0 Å². The molecule has 35 heavy (non-hydrogen) atoms. The summed E-state index contributed by atoms with van der Waals surface area (Å²) in [5, 5.41) is 22.7. The summed E-state index contributed by atoms with van der Waals surface area (Å²) in [6, 6.07) is 4.26. The average Bonchev–Trinajstić information content (AvgIpc) is 3.57. The number of hydrogen-bond acceptors (Lipinski definition) is 6. The van der Waals surface area contributed by atoms with Crippen molar-refractivity contribution in [1.29, 1.82) is 0 Å². The number of carboxylic acids is 1. The number of carbonyl (C=O) groups excluding carboxylic acids is 1. The van der Waals surface area contributed by atoms with Crippen LogP contribution in [-0.2, 0) is 26.2 Å². The van der Waals surface area contributed by atoms with E-state index in [0.717, 1.165) is 38.3 Å². The number of likely N-dealkylation sites (tertiary alicyclic amines) is 1. The molecular formula is C27H36N2O6. The van der Waals surface area contributed by atoms with E-state index in [-0.39, 0.29) is 47.5 Å². The first-order chi connectivity index (χ1) is 16.8. The van der Waals surface area contributed by atoms with Gasteiger partial charge in [-0.25, -0.2) is 0 Å². The summed E-state index contributed by atoms with van der Waals surface area (Å²) in [6.45, 7) is 4.75. The zero-order valence-corrected chi connectivity index (χ0v) is 20.6. The summed E-state index contributed by atoms with van der Waals surface area (Å²) in [7, 11) is 1.71. The van der Waals surface area contributed by atoms with Gasteiger partial charge in [-0.2, -0.15) is 0 Å². The Hall–Kier alpha value is -2.32. The van der Waals surface area contributed by atoms with Crippen molar-refractivity contribution in [2.75, 3.05) is 26.7 Å². The lowest BCUT2D eigenvalue weighted by Gasteiger charge is -2.63. The van der Waals surface area contributed by atoms with Crippen molar-refractivity contribution in [3.8, 4) is 11.5 Å². The Morgan fingerprint density at radius 3 is 2.80 bits per heavy atom. The van der Waals surface area contributed by atoms with Crippen molar-refractivity contribution in [2.45, 2.75) is 75.5 Å². The highest BCUT2D eigenvalue weighted by Gasteiger charge is 2.70. The Labute approximate surface area is 206 Å². The number of aliphatic carboxylic acids is 1. The minimum atomic E-state index is -0.973. The van der Waals surface area contributed by atoms with Gasteiger partial charge in [-0.05, 0) is 62.1 Å². The Kier molecular flexibility index (Phi) is 5.35. The van der Waals surface area contributed by atoms with E-state index in [0.29, 0.717) is 24.3 Å². The largest absolute Gasteiger partial charge is 0.504 e. The molecule has 3 N–H and O–H groups in total. The normalized spacial score (nSPS) is 36.9. The van der Waals surface area contributed by atoms with E-state index in [1.54, 1.807) is 13.2 Å². The number of phenols is 1. The highest BCUT2D eigenvalue weighted by atomic mass is 16.5. The molecule has 1 aromatic rings. The fourth-order valence-electron chi connectivity index (χ4n) is 7.91. The van der Waals surface area contributed by atoms with Gasteiger partial charge < -0.3 is 25.0 Å². The van der Waals surface area contributed by atoms with Crippen LogP contribution < -0.4 is 10.1 Å². The summed E-state index contributed by atoms with van der Waals surface area (Å²) in [6.07, 6.45) is 4.75. The number of amides is 1. The van der Waals surface area contributed by atoms with E-state index < -0.39 is 5.97 Å². The predicted octanol–water partition coefficient (Wildman–Crippen LogP) is 2.45. The monoisotopic (exact) mass is 484 g/mol. The number of nitrogens with zero attached hydrogens (tertiary/aromatic N) is 1. The second-order valence-corrected chi connectivity index (χ2v) is 11.8. The summed E-state index contributed by atoms with van der Waals surface area (Å²) < 4.78 is 12.8. The molecule has 3 aliphatic carbocycles. The number of aromatic hydroxyl groups is 1. The van der Waals surface area contributed by atoms with Crippen LogP contribution in [0, 0.1) is 17.3 Å². The third-order valence-electron chi connectivity index (χ3n) is 9.63. The first-order valence-corrected chi connectivity index (χ1v) is 13.0. The molecule has 2 heterocycles. The lowest BCUT2D eigenvalue weighted by molar-refractivity contribution is -0.172. The number of phenolic OH excluding ortho intramolecular Hbond substituents is 1. The zero-order chi connectivity index (χ0) is 24.5. The molecule has 2 aliphatic heterocycles. The van der Waals surface area contributed by atoms with Gasteiger partial charge in [-0.1, -0.05) is 13.0 Å². The maximum Gasteiger partial charge on any atom is 0.303 e. The van der Waals surface area contributed by atoms with Gasteiger partial charge >= 0.3 is 5.97 Å². The molecule has 6 unspecified atom stereocenters. The number of piperidine rings is 1. The maximum atomic E-state index is 12.4. The number of hydrogen-bond donors (Lipinski definition) is 3. The molecule has 190 valence electrons. The first-order valence-electron chi connectivity index (χ1n) is 13.0. The van der Waals surface area contributed by atoms with Gasteiger partial charge in [0.25, 0.3) is 0 Å². The van der Waals surface area contributed by atoms with Gasteiger partial charge in [0.2, 0.25) is 5.91 Å². The predicted molar refractivity (Wildman–Crippen MR) is 127 cm³/mol. The van der Waals surface area contributed by atoms with Crippen LogP contribution in [0.25, 0.3) is 0 Å². The van der Waals surface area contributed by atoms with Gasteiger partial charge in [-0.15, -0.1) is 0 Å². The molecule has 6 atom stereocenters. The molecule has 5 aliphatic rings. The van der Waals surface area contributed by atoms with E-state index in [4.69, 9.17) is 14.6 Å². The first kappa shape index (κ1) is 23.1. The van der Waals surface area contributed by atoms with E-state index in [1.807, 2.05) is 0 Å². The van der Waals surface area contributed by atoms with Crippen LogP contribution in [0.15, 0.2) is 12.1 Å². The van der Waals surface area contributed by atoms with E-state index >= 15 is 0 Å². The lowest BCUT2D eigenvalue weighted by Crippen LogP contribution is -2.71. The average molecular weight is 485 g/mol. The standard InChI is InChI=1S/C27H36N2O6/c1-26(14-28-20(31)7-8-21(32)33)12-17-18-11-16-5-6-19(30)23-22(16)27(17,25(35-23)24(26)34-2)9-10-29(18)13-15-3-4-15/h5-6,15,17-18,24-25,30H,3-4,7-14H2,1-2H3,(H,28,31)(H,32,33). The molecule has 3 fully saturated rings. The van der Waals surface area contributed by atoms with E-state index in [1.165, 1.54) is 24.0 Å². The molecule has 0 radical (unpaired) electrons. The molecule has 6 rings (SSSR count). The lowest BCUT2D eigenvalue weighted by atomic mass is 9.47. The minimum absolute atomic E-state index is 0.0309. The van der Waals surface area contributed by atoms with Crippen LogP contribution in [-0.4, -0.2) is 72.0 Å². The van der Waals surface area contributed by atoms with Crippen molar-refractivity contribution in [3.63, 3.8) is 0 Å². The van der Waals surface area contributed by atoms with Crippen molar-refractivity contribution in [2.24, 2.45) is 17.3 Å². The van der Waals surface area contributed by atoms with Crippen molar-refractivity contribution < 1.29 is 29.3 Å². The van der Waals surface area contributed by atoms with Crippen LogP contribution in [0.1, 0.15) is 56.6 Å². The fourth-order valence-corrected chi connectivity index (χ4v) is 7.91. The van der Waals surface area contributed by atoms with Crippen LogP contribution in [0.4, 0.5) is 0 Å². The third kappa shape index (κ3) is 3.47. The number of methoxy groups -OCH3 is 1. The highest BCUT2D eigenvalue weighted by Crippen LogP contribution is 2.66. The third-order valence-corrected chi connectivity index (χ3v) is 9.63. The van der Waals surface area contributed by atoms with E-state index in [2.05, 4.69) is 23.2 Å². The van der Waals surface area contributed by atoms with Crippen LogP contribution in [0.5, 0.6) is 11.5 Å². The summed E-state index contributed by atoms with van der Waals surface area (Å²) in [5.41, 5.74) is 1.91. The molecular weight excluding hydrogens is 448 g/mol. The van der Waals surface area contributed by atoms with Crippen molar-refractivity contribution >= 4 is 11.9 Å². The number of rotatable bonds is 8. The molecule has 0 aromatic heterocycles. The topological polar surface area (TPSA) is 108 Å². The van der Waals surface area contributed by atoms with E-state index in [9.17, 15) is 14.7 Å². The number of ether oxygens (including phenoxy) is 2. The Bertz CT molecular complexity index is 1060. The summed E-state index contributed by atoms with van der Waals surface area (Å²) in [5.74, 6) is 0.749. The highest BCUT2D eigenvalue weighted by molar-refractivity contribution is 5.80. The number of carboxylic acid groups (broad SMARTS) is 1. The summed E-state index contributed by atoms with van der Waals surface area (Å²) in [4.78, 5) is 26.0. The molecule has 1 aromatic carbocycles. The number of nitrogens with one attached hydrogen (secondary N) is 1. The van der Waals surface area contributed by atoms with Gasteiger partial charge in [0.1, 0.15) is 12.2 Å². The molecule has 1 amide bonds. The van der Waals surface area contributed by atoms with Crippen molar-refractivity contribution in [3.05, 3.63) is 23.3 Å². The Morgan fingerprint density at radius 1 is 1.29 bits per heavy atom. The summed E-state index contributed by atoms with van der Waals surface area (Å²) >= 11 is 0. The molecule has 1 spiro atoms. The van der Waals surface area contributed by atoms with Gasteiger partial charge in [0.15, 0.2) is 11.5 Å².